The van der Waals surface area contributed by atoms with Crippen molar-refractivity contribution in [2.45, 2.75) is 4.90 Å². The van der Waals surface area contributed by atoms with Gasteiger partial charge in [-0.2, -0.15) is 0 Å². The molecule has 2 N–H and O–H groups in total. The molecule has 3 nitrogen and oxygen atoms in total. The Labute approximate surface area is 96.1 Å². The van der Waals surface area contributed by atoms with Crippen LogP contribution in [-0.2, 0) is 10.0 Å². The van der Waals surface area contributed by atoms with Crippen molar-refractivity contribution in [2.24, 2.45) is 5.14 Å². The topological polar surface area (TPSA) is 60.2 Å². The summed E-state index contributed by atoms with van der Waals surface area (Å²) in [6, 6.07) is 10.4. The van der Waals surface area contributed by atoms with Gasteiger partial charge in [0, 0.05) is 9.86 Å². The molecule has 78 valence electrons. The van der Waals surface area contributed by atoms with Gasteiger partial charge in [-0.3, -0.25) is 0 Å². The Bertz CT molecular complexity index is 622. The third kappa shape index (κ3) is 1.90. The van der Waals surface area contributed by atoms with Crippen molar-refractivity contribution < 1.29 is 8.42 Å². The molecule has 2 aromatic carbocycles. The Balaban J connectivity index is 2.96. The number of primary sulfonamides is 1. The first-order valence-corrected chi connectivity index (χ1v) is 6.54. The van der Waals surface area contributed by atoms with Crippen LogP contribution in [0.2, 0.25) is 0 Å². The normalized spacial score (nSPS) is 11.9. The maximum Gasteiger partial charge on any atom is 0.238 e. The Morgan fingerprint density at radius 2 is 1.60 bits per heavy atom. The van der Waals surface area contributed by atoms with Crippen LogP contribution in [0.15, 0.2) is 45.8 Å². The van der Waals surface area contributed by atoms with E-state index in [1.165, 1.54) is 6.07 Å². The van der Waals surface area contributed by atoms with Gasteiger partial charge in [-0.15, -0.1) is 0 Å². The molecule has 2 aromatic rings. The van der Waals surface area contributed by atoms with E-state index in [1.54, 1.807) is 18.2 Å². The minimum Gasteiger partial charge on any atom is -0.225 e. The quantitative estimate of drug-likeness (QED) is 0.874. The van der Waals surface area contributed by atoms with E-state index >= 15 is 0 Å². The highest BCUT2D eigenvalue weighted by molar-refractivity contribution is 9.10. The van der Waals surface area contributed by atoms with Gasteiger partial charge in [0.2, 0.25) is 10.0 Å². The molecule has 2 rings (SSSR count). The zero-order valence-electron chi connectivity index (χ0n) is 7.64. The lowest BCUT2D eigenvalue weighted by molar-refractivity contribution is 0.598. The molecule has 0 aliphatic rings. The summed E-state index contributed by atoms with van der Waals surface area (Å²) >= 11 is 3.36. The molecule has 0 aliphatic carbocycles. The van der Waals surface area contributed by atoms with Crippen molar-refractivity contribution in [3.8, 4) is 0 Å². The SMILES string of the molecule is NS(=O)(=O)c1ccc(Br)c2ccccc12. The molecule has 0 unspecified atom stereocenters. The van der Waals surface area contributed by atoms with Crippen LogP contribution < -0.4 is 5.14 Å². The van der Waals surface area contributed by atoms with Crippen molar-refractivity contribution in [3.05, 3.63) is 40.9 Å². The summed E-state index contributed by atoms with van der Waals surface area (Å²) in [7, 11) is -3.67. The van der Waals surface area contributed by atoms with E-state index in [9.17, 15) is 8.42 Å². The highest BCUT2D eigenvalue weighted by Gasteiger charge is 2.12. The predicted molar refractivity (Wildman–Crippen MR) is 63.0 cm³/mol. The van der Waals surface area contributed by atoms with Gasteiger partial charge < -0.3 is 0 Å². The van der Waals surface area contributed by atoms with E-state index < -0.39 is 10.0 Å². The fraction of sp³-hybridized carbons (Fsp3) is 0. The molecular formula is C10H8BrNO2S. The number of hydrogen-bond acceptors (Lipinski definition) is 2. The van der Waals surface area contributed by atoms with Gasteiger partial charge in [0.05, 0.1) is 4.90 Å². The molecule has 0 aromatic heterocycles. The van der Waals surface area contributed by atoms with Crippen LogP contribution in [0.25, 0.3) is 10.8 Å². The maximum absolute atomic E-state index is 11.3. The van der Waals surface area contributed by atoms with Gasteiger partial charge in [0.1, 0.15) is 0 Å². The van der Waals surface area contributed by atoms with Crippen LogP contribution in [0.3, 0.4) is 0 Å². The third-order valence-electron chi connectivity index (χ3n) is 2.14. The fourth-order valence-electron chi connectivity index (χ4n) is 1.48. The summed E-state index contributed by atoms with van der Waals surface area (Å²) in [6.07, 6.45) is 0. The third-order valence-corrected chi connectivity index (χ3v) is 3.80. The van der Waals surface area contributed by atoms with Crippen LogP contribution in [0, 0.1) is 0 Å². The van der Waals surface area contributed by atoms with Gasteiger partial charge in [0.15, 0.2) is 0 Å². The van der Waals surface area contributed by atoms with Crippen molar-refractivity contribution >= 4 is 36.7 Å². The Morgan fingerprint density at radius 1 is 1.00 bits per heavy atom. The van der Waals surface area contributed by atoms with E-state index in [0.717, 1.165) is 9.86 Å². The van der Waals surface area contributed by atoms with Gasteiger partial charge in [0.25, 0.3) is 0 Å². The average molecular weight is 286 g/mol. The largest absolute Gasteiger partial charge is 0.238 e. The second kappa shape index (κ2) is 3.59. The minimum atomic E-state index is -3.67. The lowest BCUT2D eigenvalue weighted by Crippen LogP contribution is -2.12. The van der Waals surface area contributed by atoms with E-state index in [1.807, 2.05) is 12.1 Å². The first-order chi connectivity index (χ1) is 7.00. The molecule has 0 spiro atoms. The lowest BCUT2D eigenvalue weighted by Gasteiger charge is -2.05. The summed E-state index contributed by atoms with van der Waals surface area (Å²) in [5.74, 6) is 0. The highest BCUT2D eigenvalue weighted by Crippen LogP contribution is 2.28. The summed E-state index contributed by atoms with van der Waals surface area (Å²) in [5, 5.41) is 6.60. The fourth-order valence-corrected chi connectivity index (χ4v) is 2.70. The molecule has 0 amide bonds. The van der Waals surface area contributed by atoms with Crippen LogP contribution in [0.1, 0.15) is 0 Å². The zero-order valence-corrected chi connectivity index (χ0v) is 10.0. The summed E-state index contributed by atoms with van der Waals surface area (Å²) in [6.45, 7) is 0. The molecule has 15 heavy (non-hydrogen) atoms. The number of hydrogen-bond donors (Lipinski definition) is 1. The first kappa shape index (κ1) is 10.6. The van der Waals surface area contributed by atoms with Crippen LogP contribution >= 0.6 is 15.9 Å². The van der Waals surface area contributed by atoms with Gasteiger partial charge in [-0.25, -0.2) is 13.6 Å². The van der Waals surface area contributed by atoms with Gasteiger partial charge in [-0.05, 0) is 17.5 Å². The highest BCUT2D eigenvalue weighted by atomic mass is 79.9. The number of sulfonamides is 1. The number of fused-ring (bicyclic) bond motifs is 1. The molecule has 0 bridgehead atoms. The van der Waals surface area contributed by atoms with Crippen molar-refractivity contribution in [2.75, 3.05) is 0 Å². The second-order valence-corrected chi connectivity index (χ2v) is 5.52. The van der Waals surface area contributed by atoms with Gasteiger partial charge in [-0.1, -0.05) is 40.2 Å². The van der Waals surface area contributed by atoms with Crippen molar-refractivity contribution in [3.63, 3.8) is 0 Å². The molecule has 0 fully saturated rings. The average Bonchev–Trinajstić information content (AvgIpc) is 2.17. The van der Waals surface area contributed by atoms with E-state index in [0.29, 0.717) is 5.39 Å². The molecule has 0 aliphatic heterocycles. The Hall–Kier alpha value is -0.910. The number of benzene rings is 2. The first-order valence-electron chi connectivity index (χ1n) is 4.20. The summed E-state index contributed by atoms with van der Waals surface area (Å²) in [4.78, 5) is 0.154. The summed E-state index contributed by atoms with van der Waals surface area (Å²) < 4.78 is 23.5. The zero-order chi connectivity index (χ0) is 11.1. The predicted octanol–water partition coefficient (Wildman–Crippen LogP) is 2.25. The minimum absolute atomic E-state index is 0.154. The van der Waals surface area contributed by atoms with Crippen LogP contribution in [0.4, 0.5) is 0 Å². The number of halogens is 1. The standard InChI is InChI=1S/C10H8BrNO2S/c11-9-5-6-10(15(12,13)14)8-4-2-1-3-7(8)9/h1-6H,(H2,12,13,14). The molecule has 0 saturated carbocycles. The summed E-state index contributed by atoms with van der Waals surface area (Å²) in [5.41, 5.74) is 0. The molecular weight excluding hydrogens is 278 g/mol. The Kier molecular flexibility index (Phi) is 2.54. The smallest absolute Gasteiger partial charge is 0.225 e. The molecule has 0 heterocycles. The van der Waals surface area contributed by atoms with Crippen LogP contribution in [-0.4, -0.2) is 8.42 Å². The Morgan fingerprint density at radius 3 is 2.20 bits per heavy atom. The monoisotopic (exact) mass is 285 g/mol. The van der Waals surface area contributed by atoms with Crippen molar-refractivity contribution in [1.29, 1.82) is 0 Å². The second-order valence-electron chi connectivity index (χ2n) is 3.14. The van der Waals surface area contributed by atoms with Gasteiger partial charge >= 0.3 is 0 Å². The van der Waals surface area contributed by atoms with E-state index in [-0.39, 0.29) is 4.90 Å². The lowest BCUT2D eigenvalue weighted by atomic mass is 10.1. The molecule has 0 saturated heterocycles. The van der Waals surface area contributed by atoms with Crippen LogP contribution in [0.5, 0.6) is 0 Å². The molecule has 0 radical (unpaired) electrons. The molecule has 5 heteroatoms. The molecule has 0 atom stereocenters. The van der Waals surface area contributed by atoms with E-state index in [2.05, 4.69) is 15.9 Å². The number of rotatable bonds is 1. The van der Waals surface area contributed by atoms with E-state index in [4.69, 9.17) is 5.14 Å². The van der Waals surface area contributed by atoms with Crippen molar-refractivity contribution in [1.82, 2.24) is 0 Å². The number of nitrogens with two attached hydrogens (primary N) is 1. The maximum atomic E-state index is 11.3.